The second-order valence-corrected chi connectivity index (χ2v) is 6.68. The van der Waals surface area contributed by atoms with E-state index >= 15 is 0 Å². The van der Waals surface area contributed by atoms with E-state index in [0.717, 1.165) is 21.4 Å². The summed E-state index contributed by atoms with van der Waals surface area (Å²) in [6.07, 6.45) is 1.46. The van der Waals surface area contributed by atoms with Crippen molar-refractivity contribution in [3.63, 3.8) is 0 Å². The second-order valence-electron chi connectivity index (χ2n) is 5.39. The van der Waals surface area contributed by atoms with Crippen molar-refractivity contribution in [1.29, 1.82) is 0 Å². The Hall–Kier alpha value is -2.37. The lowest BCUT2D eigenvalue weighted by molar-refractivity contribution is 0.0955. The highest BCUT2D eigenvalue weighted by atomic mass is 79.9. The Balaban J connectivity index is 1.67. The molecule has 0 spiro atoms. The summed E-state index contributed by atoms with van der Waals surface area (Å²) in [5, 5.41) is 4.50. The molecule has 126 valence electrons. The van der Waals surface area contributed by atoms with Crippen LogP contribution in [0.5, 0.6) is 0 Å². The monoisotopic (exact) mass is 416 g/mol. The van der Waals surface area contributed by atoms with Gasteiger partial charge >= 0.3 is 0 Å². The molecule has 1 heterocycles. The van der Waals surface area contributed by atoms with Crippen molar-refractivity contribution in [1.82, 2.24) is 5.43 Å². The molecule has 1 aromatic heterocycles. The number of nitrogens with one attached hydrogen (secondary N) is 1. The lowest BCUT2D eigenvalue weighted by Gasteiger charge is -2.02. The molecule has 0 atom stereocenters. The molecule has 0 aliphatic rings. The number of benzene rings is 2. The quantitative estimate of drug-likeness (QED) is 0.454. The molecule has 0 aliphatic carbocycles. The number of hydrogen-bond donors (Lipinski definition) is 1. The highest BCUT2D eigenvalue weighted by Gasteiger charge is 2.08. The Labute approximate surface area is 158 Å². The van der Waals surface area contributed by atoms with Gasteiger partial charge in [-0.05, 0) is 61.0 Å². The van der Waals surface area contributed by atoms with E-state index in [9.17, 15) is 4.79 Å². The van der Waals surface area contributed by atoms with Gasteiger partial charge in [0.1, 0.15) is 11.5 Å². The maximum Gasteiger partial charge on any atom is 0.271 e. The lowest BCUT2D eigenvalue weighted by Crippen LogP contribution is -2.17. The number of hydrazone groups is 1. The first-order valence-corrected chi connectivity index (χ1v) is 8.65. The number of amides is 1. The largest absolute Gasteiger partial charge is 0.455 e. The molecular formula is C19H14BrClN2O2. The molecule has 0 fully saturated rings. The van der Waals surface area contributed by atoms with E-state index in [-0.39, 0.29) is 5.91 Å². The smallest absolute Gasteiger partial charge is 0.271 e. The van der Waals surface area contributed by atoms with Crippen LogP contribution >= 0.6 is 27.5 Å². The van der Waals surface area contributed by atoms with Crippen LogP contribution in [0.3, 0.4) is 0 Å². The van der Waals surface area contributed by atoms with Crippen LogP contribution in [0.15, 0.2) is 68.6 Å². The third-order valence-electron chi connectivity index (χ3n) is 3.48. The molecule has 0 aliphatic heterocycles. The summed E-state index contributed by atoms with van der Waals surface area (Å²) in [7, 11) is 0. The summed E-state index contributed by atoms with van der Waals surface area (Å²) >= 11 is 9.33. The van der Waals surface area contributed by atoms with E-state index in [4.69, 9.17) is 16.0 Å². The van der Waals surface area contributed by atoms with Crippen molar-refractivity contribution in [2.24, 2.45) is 5.10 Å². The van der Waals surface area contributed by atoms with Gasteiger partial charge in [0, 0.05) is 20.6 Å². The van der Waals surface area contributed by atoms with Gasteiger partial charge in [-0.1, -0.05) is 33.6 Å². The average molecular weight is 418 g/mol. The molecule has 1 amide bonds. The molecule has 2 aromatic carbocycles. The first kappa shape index (κ1) is 17.5. The number of carbonyl (C=O) groups excluding carboxylic acids is 1. The van der Waals surface area contributed by atoms with Gasteiger partial charge in [0.2, 0.25) is 0 Å². The minimum Gasteiger partial charge on any atom is -0.455 e. The van der Waals surface area contributed by atoms with Crippen LogP contribution in [-0.2, 0) is 0 Å². The Morgan fingerprint density at radius 2 is 1.92 bits per heavy atom. The van der Waals surface area contributed by atoms with E-state index in [2.05, 4.69) is 26.5 Å². The van der Waals surface area contributed by atoms with E-state index in [1.165, 1.54) is 6.21 Å². The predicted octanol–water partition coefficient (Wildman–Crippen LogP) is 5.43. The number of furan rings is 1. The fourth-order valence-corrected chi connectivity index (χ4v) is 3.02. The highest BCUT2D eigenvalue weighted by Crippen LogP contribution is 2.30. The van der Waals surface area contributed by atoms with Crippen LogP contribution in [0.4, 0.5) is 0 Å². The van der Waals surface area contributed by atoms with Gasteiger partial charge in [0.15, 0.2) is 0 Å². The van der Waals surface area contributed by atoms with Gasteiger partial charge < -0.3 is 4.42 Å². The fraction of sp³-hybridized carbons (Fsp3) is 0.0526. The van der Waals surface area contributed by atoms with E-state index in [1.807, 2.05) is 31.2 Å². The van der Waals surface area contributed by atoms with Crippen molar-refractivity contribution >= 4 is 39.7 Å². The molecule has 0 radical (unpaired) electrons. The zero-order valence-corrected chi connectivity index (χ0v) is 15.6. The zero-order valence-electron chi connectivity index (χ0n) is 13.3. The second kappa shape index (κ2) is 7.68. The number of halogens is 2. The number of aryl methyl sites for hydroxylation is 1. The normalized spacial score (nSPS) is 11.0. The van der Waals surface area contributed by atoms with Gasteiger partial charge in [0.05, 0.1) is 6.21 Å². The molecule has 0 unspecified atom stereocenters. The van der Waals surface area contributed by atoms with Gasteiger partial charge in [-0.15, -0.1) is 0 Å². The number of carbonyl (C=O) groups is 1. The predicted molar refractivity (Wildman–Crippen MR) is 103 cm³/mol. The van der Waals surface area contributed by atoms with Crippen LogP contribution in [0.2, 0.25) is 5.02 Å². The van der Waals surface area contributed by atoms with Crippen molar-refractivity contribution in [2.45, 2.75) is 6.92 Å². The van der Waals surface area contributed by atoms with Gasteiger partial charge in [-0.3, -0.25) is 4.79 Å². The fourth-order valence-electron chi connectivity index (χ4n) is 2.21. The van der Waals surface area contributed by atoms with Crippen molar-refractivity contribution in [3.8, 4) is 11.3 Å². The number of nitrogens with zero attached hydrogens (tertiary/aromatic N) is 1. The first-order valence-electron chi connectivity index (χ1n) is 7.48. The molecule has 25 heavy (non-hydrogen) atoms. The summed E-state index contributed by atoms with van der Waals surface area (Å²) in [5.74, 6) is 0.942. The van der Waals surface area contributed by atoms with Gasteiger partial charge in [-0.25, -0.2) is 5.43 Å². The maximum absolute atomic E-state index is 11.9. The van der Waals surface area contributed by atoms with Crippen molar-refractivity contribution in [2.75, 3.05) is 0 Å². The molecule has 1 N–H and O–H groups in total. The summed E-state index contributed by atoms with van der Waals surface area (Å²) in [5.41, 5.74) is 5.05. The molecule has 0 bridgehead atoms. The summed E-state index contributed by atoms with van der Waals surface area (Å²) in [6, 6.07) is 16.2. The summed E-state index contributed by atoms with van der Waals surface area (Å²) in [6.45, 7) is 2.03. The minimum absolute atomic E-state index is 0.319. The van der Waals surface area contributed by atoms with E-state index < -0.39 is 0 Å². The summed E-state index contributed by atoms with van der Waals surface area (Å²) in [4.78, 5) is 11.9. The summed E-state index contributed by atoms with van der Waals surface area (Å²) < 4.78 is 6.71. The molecule has 3 rings (SSSR count). The third-order valence-corrected chi connectivity index (χ3v) is 4.39. The van der Waals surface area contributed by atoms with Crippen LogP contribution in [-0.4, -0.2) is 12.1 Å². The number of hydrogen-bond acceptors (Lipinski definition) is 3. The van der Waals surface area contributed by atoms with Crippen LogP contribution in [0.25, 0.3) is 11.3 Å². The molecule has 6 heteroatoms. The van der Waals surface area contributed by atoms with E-state index in [1.54, 1.807) is 30.3 Å². The molecular weight excluding hydrogens is 404 g/mol. The Kier molecular flexibility index (Phi) is 5.36. The molecule has 0 saturated heterocycles. The SMILES string of the molecule is Cc1ccc(-c2ccc(/C=N/NC(=O)c3ccc(Cl)cc3)o2)c(Br)c1. The molecule has 4 nitrogen and oxygen atoms in total. The first-order chi connectivity index (χ1) is 12.0. The van der Waals surface area contributed by atoms with Crippen LogP contribution in [0.1, 0.15) is 21.7 Å². The van der Waals surface area contributed by atoms with Crippen molar-refractivity contribution < 1.29 is 9.21 Å². The Morgan fingerprint density at radius 3 is 2.64 bits per heavy atom. The Morgan fingerprint density at radius 1 is 1.16 bits per heavy atom. The zero-order chi connectivity index (χ0) is 17.8. The lowest BCUT2D eigenvalue weighted by atomic mass is 10.1. The van der Waals surface area contributed by atoms with Crippen LogP contribution in [0, 0.1) is 6.92 Å². The van der Waals surface area contributed by atoms with Gasteiger partial charge in [0.25, 0.3) is 5.91 Å². The maximum atomic E-state index is 11.9. The third kappa shape index (κ3) is 4.38. The highest BCUT2D eigenvalue weighted by molar-refractivity contribution is 9.10. The molecule has 0 saturated carbocycles. The number of rotatable bonds is 4. The van der Waals surface area contributed by atoms with Crippen molar-refractivity contribution in [3.05, 3.63) is 81.0 Å². The van der Waals surface area contributed by atoms with Gasteiger partial charge in [-0.2, -0.15) is 5.10 Å². The standard InChI is InChI=1S/C19H14BrClN2O2/c1-12-2-8-16(17(20)10-12)18-9-7-15(25-18)11-22-23-19(24)13-3-5-14(21)6-4-13/h2-11H,1H3,(H,23,24)/b22-11+. The topological polar surface area (TPSA) is 54.6 Å². The van der Waals surface area contributed by atoms with E-state index in [0.29, 0.717) is 16.3 Å². The average Bonchev–Trinajstić information content (AvgIpc) is 3.04. The Bertz CT molecular complexity index is 933. The van der Waals surface area contributed by atoms with Crippen LogP contribution < -0.4 is 5.43 Å². The molecule has 3 aromatic rings. The minimum atomic E-state index is -0.319.